The second-order valence-electron chi connectivity index (χ2n) is 8.80. The van der Waals surface area contributed by atoms with Crippen LogP contribution < -0.4 is 16.0 Å². The van der Waals surface area contributed by atoms with Gasteiger partial charge in [-0.15, -0.1) is 0 Å². The highest BCUT2D eigenvalue weighted by molar-refractivity contribution is 5.98. The van der Waals surface area contributed by atoms with E-state index in [1.807, 2.05) is 60.0 Å². The van der Waals surface area contributed by atoms with Crippen LogP contribution in [0.3, 0.4) is 0 Å². The van der Waals surface area contributed by atoms with Gasteiger partial charge in [0.15, 0.2) is 6.10 Å². The predicted octanol–water partition coefficient (Wildman–Crippen LogP) is 4.62. The minimum Gasteiger partial charge on any atom is -0.477 e. The molecule has 0 unspecified atom stereocenters. The average Bonchev–Trinajstić information content (AvgIpc) is 3.23. The van der Waals surface area contributed by atoms with Crippen molar-refractivity contribution in [2.75, 3.05) is 0 Å². The van der Waals surface area contributed by atoms with Gasteiger partial charge < -0.3 is 9.30 Å². The van der Waals surface area contributed by atoms with Gasteiger partial charge in [-0.1, -0.05) is 54.6 Å². The van der Waals surface area contributed by atoms with Crippen molar-refractivity contribution in [2.24, 2.45) is 14.1 Å². The molecule has 7 heteroatoms. The minimum atomic E-state index is -0.871. The third kappa shape index (κ3) is 2.87. The Morgan fingerprint density at radius 2 is 1.54 bits per heavy atom. The van der Waals surface area contributed by atoms with E-state index < -0.39 is 23.2 Å². The summed E-state index contributed by atoms with van der Waals surface area (Å²) in [7, 11) is 3.10. The first-order valence-electron chi connectivity index (χ1n) is 11.3. The van der Waals surface area contributed by atoms with E-state index in [1.165, 1.54) is 17.7 Å². The molecule has 3 aromatic carbocycles. The van der Waals surface area contributed by atoms with Crippen molar-refractivity contribution < 1.29 is 9.13 Å². The summed E-state index contributed by atoms with van der Waals surface area (Å²) in [5, 5.41) is 0.389. The average molecular weight is 468 g/mol. The summed E-state index contributed by atoms with van der Waals surface area (Å²) in [5.74, 6) is 0.134. The molecule has 35 heavy (non-hydrogen) atoms. The Bertz CT molecular complexity index is 1780. The lowest BCUT2D eigenvalue weighted by molar-refractivity contribution is 0.224. The van der Waals surface area contributed by atoms with Gasteiger partial charge in [-0.05, 0) is 30.7 Å². The van der Waals surface area contributed by atoms with E-state index in [0.717, 1.165) is 21.4 Å². The molecular formula is C28H22FN3O3. The highest BCUT2D eigenvalue weighted by Crippen LogP contribution is 2.47. The van der Waals surface area contributed by atoms with Crippen LogP contribution in [0.15, 0.2) is 82.4 Å². The van der Waals surface area contributed by atoms with Gasteiger partial charge in [-0.3, -0.25) is 13.9 Å². The molecule has 1 aliphatic heterocycles. The molecule has 0 N–H and O–H groups in total. The molecule has 0 saturated carbocycles. The van der Waals surface area contributed by atoms with E-state index in [4.69, 9.17) is 4.74 Å². The van der Waals surface area contributed by atoms with Gasteiger partial charge in [0.2, 0.25) is 0 Å². The third-order valence-corrected chi connectivity index (χ3v) is 6.80. The topological polar surface area (TPSA) is 58.2 Å². The SMILES string of the molecule is Cc1ccccc1-c1c2c(=O)n(C)c(=O)n(C)c2c2n1-c1ccccc1O[C@@H]2c1ccccc1F. The summed E-state index contributed by atoms with van der Waals surface area (Å²) < 4.78 is 26.1. The molecule has 0 radical (unpaired) electrons. The number of para-hydroxylation sites is 2. The van der Waals surface area contributed by atoms with Crippen LogP contribution in [0.4, 0.5) is 4.39 Å². The van der Waals surface area contributed by atoms with Gasteiger partial charge in [0.1, 0.15) is 11.6 Å². The molecule has 0 amide bonds. The molecule has 0 spiro atoms. The quantitative estimate of drug-likeness (QED) is 0.381. The molecule has 0 bridgehead atoms. The Labute approximate surface area is 200 Å². The second-order valence-corrected chi connectivity index (χ2v) is 8.80. The van der Waals surface area contributed by atoms with Gasteiger partial charge in [0.05, 0.1) is 28.0 Å². The molecule has 6 nitrogen and oxygen atoms in total. The van der Waals surface area contributed by atoms with Crippen LogP contribution >= 0.6 is 0 Å². The van der Waals surface area contributed by atoms with Crippen LogP contribution in [0.2, 0.25) is 0 Å². The Morgan fingerprint density at radius 3 is 2.31 bits per heavy atom. The molecule has 1 aliphatic rings. The maximum Gasteiger partial charge on any atom is 0.331 e. The van der Waals surface area contributed by atoms with Crippen LogP contribution in [0.1, 0.15) is 22.9 Å². The van der Waals surface area contributed by atoms with E-state index in [-0.39, 0.29) is 0 Å². The Balaban J connectivity index is 1.90. The predicted molar refractivity (Wildman–Crippen MR) is 133 cm³/mol. The Hall–Kier alpha value is -4.39. The molecule has 2 aromatic heterocycles. The van der Waals surface area contributed by atoms with E-state index in [1.54, 1.807) is 25.2 Å². The summed E-state index contributed by atoms with van der Waals surface area (Å²) in [6, 6.07) is 21.7. The van der Waals surface area contributed by atoms with Crippen LogP contribution in [-0.2, 0) is 14.1 Å². The zero-order valence-corrected chi connectivity index (χ0v) is 19.4. The summed E-state index contributed by atoms with van der Waals surface area (Å²) in [5.41, 5.74) is 3.62. The largest absolute Gasteiger partial charge is 0.477 e. The molecule has 0 aliphatic carbocycles. The number of aryl methyl sites for hydroxylation is 2. The first-order chi connectivity index (χ1) is 16.9. The van der Waals surface area contributed by atoms with Crippen molar-refractivity contribution in [3.8, 4) is 22.7 Å². The lowest BCUT2D eigenvalue weighted by atomic mass is 10.0. The van der Waals surface area contributed by atoms with Crippen molar-refractivity contribution in [3.05, 3.63) is 116 Å². The Kier molecular flexibility index (Phi) is 4.57. The molecule has 174 valence electrons. The number of rotatable bonds is 2. The smallest absolute Gasteiger partial charge is 0.331 e. The summed E-state index contributed by atoms with van der Waals surface area (Å²) >= 11 is 0. The molecule has 0 saturated heterocycles. The fourth-order valence-corrected chi connectivity index (χ4v) is 5.10. The van der Waals surface area contributed by atoms with Crippen molar-refractivity contribution in [3.63, 3.8) is 0 Å². The lowest BCUT2D eigenvalue weighted by Crippen LogP contribution is -2.37. The summed E-state index contributed by atoms with van der Waals surface area (Å²) in [6.07, 6.45) is -0.871. The first kappa shape index (κ1) is 21.2. The van der Waals surface area contributed by atoms with Gasteiger partial charge >= 0.3 is 5.69 Å². The first-order valence-corrected chi connectivity index (χ1v) is 11.3. The molecule has 1 atom stereocenters. The van der Waals surface area contributed by atoms with Gasteiger partial charge in [0, 0.05) is 25.2 Å². The fourth-order valence-electron chi connectivity index (χ4n) is 5.10. The third-order valence-electron chi connectivity index (χ3n) is 6.80. The number of ether oxygens (including phenoxy) is 1. The minimum absolute atomic E-state index is 0.326. The molecule has 3 heterocycles. The number of hydrogen-bond donors (Lipinski definition) is 0. The molecule has 6 rings (SSSR count). The monoisotopic (exact) mass is 467 g/mol. The van der Waals surface area contributed by atoms with Crippen LogP contribution in [0, 0.1) is 12.7 Å². The molecule has 5 aromatic rings. The summed E-state index contributed by atoms with van der Waals surface area (Å²) in [6.45, 7) is 1.98. The van der Waals surface area contributed by atoms with Crippen molar-refractivity contribution >= 4 is 10.9 Å². The maximum atomic E-state index is 15.1. The standard InChI is InChI=1S/C28H22FN3O3/c1-16-10-4-5-11-17(16)23-22-24(30(2)28(34)31(3)27(22)33)25-26(18-12-6-7-13-19(18)29)35-21-15-9-8-14-20(21)32(23)25/h4-15,26H,1-3H3/t26-/m1/s1. The number of benzene rings is 3. The van der Waals surface area contributed by atoms with Crippen molar-refractivity contribution in [1.82, 2.24) is 13.7 Å². The van der Waals surface area contributed by atoms with Crippen LogP contribution in [0.5, 0.6) is 5.75 Å². The molecule has 0 fully saturated rings. The number of hydrogen-bond acceptors (Lipinski definition) is 3. The Morgan fingerprint density at radius 1 is 0.857 bits per heavy atom. The van der Waals surface area contributed by atoms with Gasteiger partial charge in [0.25, 0.3) is 5.56 Å². The van der Waals surface area contributed by atoms with E-state index in [0.29, 0.717) is 33.6 Å². The number of fused-ring (bicyclic) bond motifs is 5. The fraction of sp³-hybridized carbons (Fsp3) is 0.143. The number of nitrogens with zero attached hydrogens (tertiary/aromatic N) is 3. The highest BCUT2D eigenvalue weighted by Gasteiger charge is 2.37. The molecular weight excluding hydrogens is 445 g/mol. The lowest BCUT2D eigenvalue weighted by Gasteiger charge is -2.30. The van der Waals surface area contributed by atoms with E-state index in [2.05, 4.69) is 0 Å². The second kappa shape index (κ2) is 7.56. The highest BCUT2D eigenvalue weighted by atomic mass is 19.1. The zero-order chi connectivity index (χ0) is 24.4. The van der Waals surface area contributed by atoms with Crippen molar-refractivity contribution in [1.29, 1.82) is 0 Å². The van der Waals surface area contributed by atoms with Crippen LogP contribution in [0.25, 0.3) is 27.8 Å². The normalized spacial score (nSPS) is 14.5. The van der Waals surface area contributed by atoms with Crippen LogP contribution in [-0.4, -0.2) is 13.7 Å². The number of aromatic nitrogens is 3. The van der Waals surface area contributed by atoms with E-state index >= 15 is 4.39 Å². The summed E-state index contributed by atoms with van der Waals surface area (Å²) in [4.78, 5) is 26.7. The van der Waals surface area contributed by atoms with Gasteiger partial charge in [-0.2, -0.15) is 0 Å². The van der Waals surface area contributed by atoms with Gasteiger partial charge in [-0.25, -0.2) is 9.18 Å². The zero-order valence-electron chi connectivity index (χ0n) is 19.4. The van der Waals surface area contributed by atoms with E-state index in [9.17, 15) is 9.59 Å². The number of halogens is 1. The maximum absolute atomic E-state index is 15.1. The van der Waals surface area contributed by atoms with Crippen molar-refractivity contribution in [2.45, 2.75) is 13.0 Å².